The standard InChI is InChI=1S/C12H18O5S/c1-11-3-5-12(6-4-11)18(14,15)17-9-2-8-16-10-7-13/h3-6,13H,2,7-10H2,1H3. The van der Waals surface area contributed by atoms with Crippen LogP contribution in [-0.4, -0.2) is 40.0 Å². The fourth-order valence-corrected chi connectivity index (χ4v) is 2.21. The smallest absolute Gasteiger partial charge is 0.296 e. The highest BCUT2D eigenvalue weighted by Gasteiger charge is 2.14. The summed E-state index contributed by atoms with van der Waals surface area (Å²) in [5.74, 6) is 0. The van der Waals surface area contributed by atoms with Crippen LogP contribution in [0, 0.1) is 6.92 Å². The molecule has 6 heteroatoms. The summed E-state index contributed by atoms with van der Waals surface area (Å²) in [5, 5.41) is 8.47. The number of aliphatic hydroxyl groups is 1. The van der Waals surface area contributed by atoms with Gasteiger partial charge in [-0.1, -0.05) is 17.7 Å². The summed E-state index contributed by atoms with van der Waals surface area (Å²) < 4.78 is 33.3. The van der Waals surface area contributed by atoms with Gasteiger partial charge in [0, 0.05) is 6.61 Å². The van der Waals surface area contributed by atoms with Crippen LogP contribution in [0.1, 0.15) is 12.0 Å². The minimum atomic E-state index is -3.67. The van der Waals surface area contributed by atoms with Crippen molar-refractivity contribution in [2.24, 2.45) is 0 Å². The molecule has 18 heavy (non-hydrogen) atoms. The molecule has 0 unspecified atom stereocenters. The quantitative estimate of drug-likeness (QED) is 0.567. The fourth-order valence-electron chi connectivity index (χ4n) is 1.27. The van der Waals surface area contributed by atoms with Crippen molar-refractivity contribution in [2.45, 2.75) is 18.2 Å². The molecule has 0 spiro atoms. The summed E-state index contributed by atoms with van der Waals surface area (Å²) in [5.41, 5.74) is 0.992. The Kier molecular flexibility index (Phi) is 6.28. The molecule has 0 aliphatic carbocycles. The zero-order valence-electron chi connectivity index (χ0n) is 10.3. The van der Waals surface area contributed by atoms with Crippen LogP contribution in [0.15, 0.2) is 29.2 Å². The van der Waals surface area contributed by atoms with Crippen LogP contribution in [0.3, 0.4) is 0 Å². The molecule has 1 N–H and O–H groups in total. The molecule has 1 aromatic rings. The van der Waals surface area contributed by atoms with Crippen LogP contribution in [0.25, 0.3) is 0 Å². The van der Waals surface area contributed by atoms with E-state index in [2.05, 4.69) is 0 Å². The molecule has 0 aliphatic heterocycles. The van der Waals surface area contributed by atoms with Gasteiger partial charge in [-0.2, -0.15) is 8.42 Å². The SMILES string of the molecule is Cc1ccc(S(=O)(=O)OCCCOCCO)cc1. The first kappa shape index (κ1) is 15.1. The van der Waals surface area contributed by atoms with E-state index in [-0.39, 0.29) is 24.7 Å². The fraction of sp³-hybridized carbons (Fsp3) is 0.500. The highest BCUT2D eigenvalue weighted by Crippen LogP contribution is 2.13. The Bertz CT molecular complexity index is 438. The van der Waals surface area contributed by atoms with Crippen LogP contribution in [0.2, 0.25) is 0 Å². The zero-order valence-corrected chi connectivity index (χ0v) is 11.1. The molecular weight excluding hydrogens is 256 g/mol. The lowest BCUT2D eigenvalue weighted by Crippen LogP contribution is -2.10. The van der Waals surface area contributed by atoms with E-state index in [1.807, 2.05) is 6.92 Å². The largest absolute Gasteiger partial charge is 0.394 e. The highest BCUT2D eigenvalue weighted by atomic mass is 32.2. The molecule has 0 amide bonds. The topological polar surface area (TPSA) is 72.8 Å². The number of aliphatic hydroxyl groups excluding tert-OH is 1. The van der Waals surface area contributed by atoms with Gasteiger partial charge in [-0.25, -0.2) is 0 Å². The van der Waals surface area contributed by atoms with Gasteiger partial charge in [0.25, 0.3) is 10.1 Å². The molecule has 102 valence electrons. The average molecular weight is 274 g/mol. The molecular formula is C12H18O5S. The van der Waals surface area contributed by atoms with E-state index in [0.29, 0.717) is 13.0 Å². The van der Waals surface area contributed by atoms with Gasteiger partial charge in [0.15, 0.2) is 0 Å². The lowest BCUT2D eigenvalue weighted by atomic mass is 10.2. The van der Waals surface area contributed by atoms with Gasteiger partial charge in [0.2, 0.25) is 0 Å². The van der Waals surface area contributed by atoms with Gasteiger partial charge in [-0.05, 0) is 25.5 Å². The number of hydrogen-bond donors (Lipinski definition) is 1. The van der Waals surface area contributed by atoms with Crippen molar-refractivity contribution in [1.29, 1.82) is 0 Å². The predicted octanol–water partition coefficient (Wildman–Crippen LogP) is 1.10. The number of hydrogen-bond acceptors (Lipinski definition) is 5. The summed E-state index contributed by atoms with van der Waals surface area (Å²) in [6.07, 6.45) is 0.463. The van der Waals surface area contributed by atoms with Crippen molar-refractivity contribution >= 4 is 10.1 Å². The third-order valence-corrected chi connectivity index (χ3v) is 3.54. The first-order valence-electron chi connectivity index (χ1n) is 5.71. The molecule has 0 radical (unpaired) electrons. The molecule has 0 aromatic heterocycles. The molecule has 5 nitrogen and oxygen atoms in total. The lowest BCUT2D eigenvalue weighted by Gasteiger charge is -2.06. The molecule has 0 fully saturated rings. The second-order valence-electron chi connectivity index (χ2n) is 3.78. The van der Waals surface area contributed by atoms with Gasteiger partial charge in [0.05, 0.1) is 24.7 Å². The number of ether oxygens (including phenoxy) is 1. The third-order valence-electron chi connectivity index (χ3n) is 2.22. The van der Waals surface area contributed by atoms with E-state index in [9.17, 15) is 8.42 Å². The third kappa shape index (κ3) is 5.14. The van der Waals surface area contributed by atoms with Crippen LogP contribution in [-0.2, 0) is 19.0 Å². The summed E-state index contributed by atoms with van der Waals surface area (Å²) in [4.78, 5) is 0.157. The van der Waals surface area contributed by atoms with Crippen molar-refractivity contribution in [3.63, 3.8) is 0 Å². The maximum atomic E-state index is 11.7. The van der Waals surface area contributed by atoms with E-state index < -0.39 is 10.1 Å². The molecule has 1 rings (SSSR count). The summed E-state index contributed by atoms with van der Waals surface area (Å²) in [6, 6.07) is 6.49. The van der Waals surface area contributed by atoms with Crippen LogP contribution < -0.4 is 0 Å². The Labute approximate surface area is 107 Å². The lowest BCUT2D eigenvalue weighted by molar-refractivity contribution is 0.0840. The van der Waals surface area contributed by atoms with E-state index in [1.54, 1.807) is 12.1 Å². The Morgan fingerprint density at radius 2 is 1.78 bits per heavy atom. The maximum Gasteiger partial charge on any atom is 0.296 e. The van der Waals surface area contributed by atoms with Crippen molar-refractivity contribution in [3.05, 3.63) is 29.8 Å². The second-order valence-corrected chi connectivity index (χ2v) is 5.39. The van der Waals surface area contributed by atoms with Crippen molar-refractivity contribution < 1.29 is 22.4 Å². The minimum Gasteiger partial charge on any atom is -0.394 e. The van der Waals surface area contributed by atoms with Gasteiger partial charge in [-0.15, -0.1) is 0 Å². The van der Waals surface area contributed by atoms with Crippen molar-refractivity contribution in [3.8, 4) is 0 Å². The van der Waals surface area contributed by atoms with E-state index >= 15 is 0 Å². The predicted molar refractivity (Wildman–Crippen MR) is 66.8 cm³/mol. The molecule has 0 saturated heterocycles. The van der Waals surface area contributed by atoms with Crippen LogP contribution in [0.4, 0.5) is 0 Å². The second kappa shape index (κ2) is 7.48. The first-order valence-corrected chi connectivity index (χ1v) is 7.12. The molecule has 0 bridgehead atoms. The number of rotatable bonds is 8. The van der Waals surface area contributed by atoms with Crippen LogP contribution in [0.5, 0.6) is 0 Å². The summed E-state index contributed by atoms with van der Waals surface area (Å²) >= 11 is 0. The van der Waals surface area contributed by atoms with Crippen molar-refractivity contribution in [2.75, 3.05) is 26.4 Å². The Morgan fingerprint density at radius 1 is 1.11 bits per heavy atom. The van der Waals surface area contributed by atoms with Gasteiger partial charge in [0.1, 0.15) is 0 Å². The minimum absolute atomic E-state index is 0.0392. The number of benzene rings is 1. The van der Waals surface area contributed by atoms with Gasteiger partial charge >= 0.3 is 0 Å². The molecule has 0 heterocycles. The van der Waals surface area contributed by atoms with E-state index in [4.69, 9.17) is 14.0 Å². The highest BCUT2D eigenvalue weighted by molar-refractivity contribution is 7.86. The average Bonchev–Trinajstić information content (AvgIpc) is 2.34. The normalized spacial score (nSPS) is 11.7. The monoisotopic (exact) mass is 274 g/mol. The van der Waals surface area contributed by atoms with Crippen molar-refractivity contribution in [1.82, 2.24) is 0 Å². The first-order chi connectivity index (χ1) is 8.56. The number of aryl methyl sites for hydroxylation is 1. The molecule has 0 saturated carbocycles. The zero-order chi connectivity index (χ0) is 13.4. The maximum absolute atomic E-state index is 11.7. The van der Waals surface area contributed by atoms with Gasteiger partial charge < -0.3 is 9.84 Å². The van der Waals surface area contributed by atoms with E-state index in [0.717, 1.165) is 5.56 Å². The van der Waals surface area contributed by atoms with Crippen LogP contribution >= 0.6 is 0 Å². The van der Waals surface area contributed by atoms with Gasteiger partial charge in [-0.3, -0.25) is 4.18 Å². The van der Waals surface area contributed by atoms with E-state index in [1.165, 1.54) is 12.1 Å². The molecule has 0 atom stereocenters. The summed E-state index contributed by atoms with van der Waals surface area (Å²) in [6.45, 7) is 2.54. The summed E-state index contributed by atoms with van der Waals surface area (Å²) in [7, 11) is -3.67. The molecule has 0 aliphatic rings. The Balaban J connectivity index is 2.38. The Morgan fingerprint density at radius 3 is 2.39 bits per heavy atom. The molecule has 1 aromatic carbocycles. The Hall–Kier alpha value is -0.950.